The van der Waals surface area contributed by atoms with Crippen LogP contribution in [0.25, 0.3) is 0 Å². The van der Waals surface area contributed by atoms with Crippen LogP contribution in [0.3, 0.4) is 0 Å². The summed E-state index contributed by atoms with van der Waals surface area (Å²) < 4.78 is 4.97. The third kappa shape index (κ3) is 5.05. The van der Waals surface area contributed by atoms with Crippen molar-refractivity contribution < 1.29 is 9.53 Å². The predicted molar refractivity (Wildman–Crippen MR) is 87.6 cm³/mol. The van der Waals surface area contributed by atoms with Gasteiger partial charge in [-0.3, -0.25) is 10.1 Å². The standard InChI is InChI=1S/C17H28N2O2/c1-6-19(15-10-8-7-9-11-15)13-12-17(4,16(20)21-5)18-14(2)3/h7-11,14,18H,6,12-13H2,1-5H3. The van der Waals surface area contributed by atoms with E-state index >= 15 is 0 Å². The topological polar surface area (TPSA) is 41.6 Å². The van der Waals surface area contributed by atoms with Gasteiger partial charge in [0.15, 0.2) is 0 Å². The van der Waals surface area contributed by atoms with E-state index in [9.17, 15) is 4.79 Å². The van der Waals surface area contributed by atoms with Crippen LogP contribution in [-0.2, 0) is 9.53 Å². The molecule has 0 amide bonds. The van der Waals surface area contributed by atoms with Crippen LogP contribution in [0, 0.1) is 0 Å². The zero-order valence-electron chi connectivity index (χ0n) is 13.8. The third-order valence-electron chi connectivity index (χ3n) is 3.63. The molecule has 0 radical (unpaired) electrons. The number of nitrogens with one attached hydrogen (secondary N) is 1. The molecule has 0 aliphatic rings. The van der Waals surface area contributed by atoms with E-state index in [0.717, 1.165) is 13.1 Å². The molecule has 0 aromatic heterocycles. The number of esters is 1. The first-order valence-corrected chi connectivity index (χ1v) is 7.59. The van der Waals surface area contributed by atoms with Crippen LogP contribution in [0.15, 0.2) is 30.3 Å². The smallest absolute Gasteiger partial charge is 0.325 e. The zero-order chi connectivity index (χ0) is 15.9. The molecule has 0 fully saturated rings. The molecule has 1 unspecified atom stereocenters. The molecule has 0 saturated carbocycles. The number of hydrogen-bond donors (Lipinski definition) is 1. The molecule has 0 aliphatic heterocycles. The Hall–Kier alpha value is -1.55. The molecule has 1 N–H and O–H groups in total. The summed E-state index contributed by atoms with van der Waals surface area (Å²) in [5, 5.41) is 3.34. The van der Waals surface area contributed by atoms with Crippen molar-refractivity contribution in [2.75, 3.05) is 25.1 Å². The van der Waals surface area contributed by atoms with Gasteiger partial charge in [-0.15, -0.1) is 0 Å². The van der Waals surface area contributed by atoms with Crippen molar-refractivity contribution in [3.8, 4) is 0 Å². The monoisotopic (exact) mass is 292 g/mol. The SMILES string of the molecule is CCN(CCC(C)(NC(C)C)C(=O)OC)c1ccccc1. The number of nitrogens with zero attached hydrogens (tertiary/aromatic N) is 1. The molecule has 0 spiro atoms. The summed E-state index contributed by atoms with van der Waals surface area (Å²) >= 11 is 0. The zero-order valence-corrected chi connectivity index (χ0v) is 13.8. The minimum atomic E-state index is -0.662. The van der Waals surface area contributed by atoms with Crippen molar-refractivity contribution in [1.82, 2.24) is 5.32 Å². The summed E-state index contributed by atoms with van der Waals surface area (Å²) in [5.41, 5.74) is 0.516. The number of para-hydroxylation sites is 1. The van der Waals surface area contributed by atoms with E-state index in [1.165, 1.54) is 12.8 Å². The summed E-state index contributed by atoms with van der Waals surface area (Å²) in [6.45, 7) is 9.82. The van der Waals surface area contributed by atoms with Crippen LogP contribution in [0.1, 0.15) is 34.1 Å². The lowest BCUT2D eigenvalue weighted by molar-refractivity contribution is -0.148. The van der Waals surface area contributed by atoms with Crippen molar-refractivity contribution in [2.24, 2.45) is 0 Å². The Morgan fingerprint density at radius 1 is 1.33 bits per heavy atom. The van der Waals surface area contributed by atoms with Gasteiger partial charge in [0, 0.05) is 24.8 Å². The molecular weight excluding hydrogens is 264 g/mol. The largest absolute Gasteiger partial charge is 0.468 e. The number of ether oxygens (including phenoxy) is 1. The summed E-state index contributed by atoms with van der Waals surface area (Å²) in [4.78, 5) is 14.4. The van der Waals surface area contributed by atoms with Crippen molar-refractivity contribution >= 4 is 11.7 Å². The Balaban J connectivity index is 2.77. The average Bonchev–Trinajstić information content (AvgIpc) is 2.47. The van der Waals surface area contributed by atoms with Gasteiger partial charge in [-0.2, -0.15) is 0 Å². The quantitative estimate of drug-likeness (QED) is 0.748. The fraction of sp³-hybridized carbons (Fsp3) is 0.588. The second-order valence-electron chi connectivity index (χ2n) is 5.79. The number of carbonyl (C=O) groups excluding carboxylic acids is 1. The molecule has 4 heteroatoms. The molecule has 1 rings (SSSR count). The molecule has 1 aromatic rings. The van der Waals surface area contributed by atoms with Crippen LogP contribution in [0.2, 0.25) is 0 Å². The maximum Gasteiger partial charge on any atom is 0.325 e. The number of hydrogen-bond acceptors (Lipinski definition) is 4. The van der Waals surface area contributed by atoms with Gasteiger partial charge in [-0.1, -0.05) is 18.2 Å². The van der Waals surface area contributed by atoms with E-state index in [-0.39, 0.29) is 12.0 Å². The fourth-order valence-corrected chi connectivity index (χ4v) is 2.56. The van der Waals surface area contributed by atoms with E-state index in [1.54, 1.807) is 0 Å². The first-order chi connectivity index (χ1) is 9.92. The Bertz CT molecular complexity index is 434. The molecule has 1 atom stereocenters. The van der Waals surface area contributed by atoms with Gasteiger partial charge in [0.1, 0.15) is 5.54 Å². The molecule has 21 heavy (non-hydrogen) atoms. The van der Waals surface area contributed by atoms with Crippen LogP contribution >= 0.6 is 0 Å². The second-order valence-corrected chi connectivity index (χ2v) is 5.79. The number of methoxy groups -OCH3 is 1. The average molecular weight is 292 g/mol. The van der Waals surface area contributed by atoms with Crippen molar-refractivity contribution in [2.45, 2.75) is 45.7 Å². The second kappa shape index (κ2) is 8.03. The van der Waals surface area contributed by atoms with Crippen molar-refractivity contribution in [1.29, 1.82) is 0 Å². The summed E-state index contributed by atoms with van der Waals surface area (Å²) in [6.07, 6.45) is 0.695. The Morgan fingerprint density at radius 2 is 1.95 bits per heavy atom. The van der Waals surface area contributed by atoms with E-state index in [2.05, 4.69) is 29.3 Å². The minimum absolute atomic E-state index is 0.208. The highest BCUT2D eigenvalue weighted by atomic mass is 16.5. The van der Waals surface area contributed by atoms with E-state index in [4.69, 9.17) is 4.74 Å². The minimum Gasteiger partial charge on any atom is -0.468 e. The predicted octanol–water partition coefficient (Wildman–Crippen LogP) is 2.83. The van der Waals surface area contributed by atoms with E-state index in [1.807, 2.05) is 39.0 Å². The third-order valence-corrected chi connectivity index (χ3v) is 3.63. The molecule has 4 nitrogen and oxygen atoms in total. The van der Waals surface area contributed by atoms with Crippen LogP contribution in [0.5, 0.6) is 0 Å². The molecule has 0 bridgehead atoms. The van der Waals surface area contributed by atoms with Crippen molar-refractivity contribution in [3.05, 3.63) is 30.3 Å². The Morgan fingerprint density at radius 3 is 2.43 bits per heavy atom. The highest BCUT2D eigenvalue weighted by Crippen LogP contribution is 2.18. The highest BCUT2D eigenvalue weighted by molar-refractivity contribution is 5.80. The lowest BCUT2D eigenvalue weighted by Gasteiger charge is -2.33. The normalized spacial score (nSPS) is 13.8. The number of benzene rings is 1. The van der Waals surface area contributed by atoms with E-state index in [0.29, 0.717) is 6.42 Å². The summed E-state index contributed by atoms with van der Waals surface area (Å²) in [5.74, 6) is -0.208. The first-order valence-electron chi connectivity index (χ1n) is 7.59. The summed E-state index contributed by atoms with van der Waals surface area (Å²) in [7, 11) is 1.44. The Kier molecular flexibility index (Phi) is 6.69. The molecule has 1 aromatic carbocycles. The maximum atomic E-state index is 12.1. The fourth-order valence-electron chi connectivity index (χ4n) is 2.56. The van der Waals surface area contributed by atoms with Gasteiger partial charge < -0.3 is 9.64 Å². The van der Waals surface area contributed by atoms with Gasteiger partial charge in [0.2, 0.25) is 0 Å². The molecule has 118 valence electrons. The van der Waals surface area contributed by atoms with Crippen molar-refractivity contribution in [3.63, 3.8) is 0 Å². The Labute approximate surface area is 128 Å². The van der Waals surface area contributed by atoms with Crippen LogP contribution in [0.4, 0.5) is 5.69 Å². The van der Waals surface area contributed by atoms with Crippen LogP contribution < -0.4 is 10.2 Å². The number of anilines is 1. The van der Waals surface area contributed by atoms with Gasteiger partial charge in [-0.05, 0) is 46.2 Å². The van der Waals surface area contributed by atoms with Gasteiger partial charge >= 0.3 is 5.97 Å². The van der Waals surface area contributed by atoms with Crippen LogP contribution in [-0.4, -0.2) is 37.7 Å². The maximum absolute atomic E-state index is 12.1. The molecular formula is C17H28N2O2. The highest BCUT2D eigenvalue weighted by Gasteiger charge is 2.34. The number of carbonyl (C=O) groups is 1. The molecule has 0 heterocycles. The van der Waals surface area contributed by atoms with Gasteiger partial charge in [-0.25, -0.2) is 0 Å². The molecule has 0 aliphatic carbocycles. The summed E-state index contributed by atoms with van der Waals surface area (Å²) in [6, 6.07) is 10.5. The lowest BCUT2D eigenvalue weighted by Crippen LogP contribution is -2.54. The van der Waals surface area contributed by atoms with Gasteiger partial charge in [0.05, 0.1) is 7.11 Å². The first kappa shape index (κ1) is 17.5. The molecule has 0 saturated heterocycles. The number of rotatable bonds is 8. The lowest BCUT2D eigenvalue weighted by atomic mass is 9.96. The van der Waals surface area contributed by atoms with Gasteiger partial charge in [0.25, 0.3) is 0 Å². The van der Waals surface area contributed by atoms with E-state index < -0.39 is 5.54 Å².